The highest BCUT2D eigenvalue weighted by Gasteiger charge is 2.08. The summed E-state index contributed by atoms with van der Waals surface area (Å²) in [5, 5.41) is 5.28. The van der Waals surface area contributed by atoms with E-state index in [2.05, 4.69) is 66.6 Å². The van der Waals surface area contributed by atoms with Crippen LogP contribution in [0.2, 0.25) is 0 Å². The molecular formula is C43H87N3S2. The number of piperidine rings is 1. The fourth-order valence-corrected chi connectivity index (χ4v) is 6.05. The molecule has 0 atom stereocenters. The first-order valence-corrected chi connectivity index (χ1v) is 22.3. The number of thiazole rings is 1. The van der Waals surface area contributed by atoms with Gasteiger partial charge in [-0.15, -0.1) is 23.1 Å². The molecule has 2 aliphatic rings. The molecule has 0 saturated carbocycles. The molecule has 2 aromatic rings. The molecule has 5 heteroatoms. The van der Waals surface area contributed by atoms with E-state index in [0.717, 1.165) is 12.1 Å². The summed E-state index contributed by atoms with van der Waals surface area (Å²) in [5.41, 5.74) is 2.32. The summed E-state index contributed by atoms with van der Waals surface area (Å²) in [6.45, 7) is 40.5. The van der Waals surface area contributed by atoms with Gasteiger partial charge in [0.1, 0.15) is 0 Å². The standard InChI is InChI=1S/C12H13NS.C8H17N.C7H15N.C6H12S.5C2H6/c1-2-6-12-13-11(9-14-12)10-7-4-3-5-8-10;1-2-6-9-7-4-3-5-8-9;1-2-5-8-6-3-4-7-8;1-3-5-6-7-4-2;5*1-2/h3-5,7-9H,2,6H2,1H3;2-8H2,1H3;2-7H2,1H3;4H,2-3,5-6H2,1H3;5*1-2H3. The van der Waals surface area contributed by atoms with Crippen molar-refractivity contribution in [3.8, 4) is 11.3 Å². The number of unbranched alkanes of at least 4 members (excludes halogenated alkanes) is 1. The van der Waals surface area contributed by atoms with E-state index in [1.807, 2.05) is 92.8 Å². The van der Waals surface area contributed by atoms with E-state index in [0.29, 0.717) is 0 Å². The van der Waals surface area contributed by atoms with E-state index in [1.54, 1.807) is 23.1 Å². The third-order valence-corrected chi connectivity index (χ3v) is 8.21. The predicted octanol–water partition coefficient (Wildman–Crippen LogP) is 14.9. The van der Waals surface area contributed by atoms with Crippen LogP contribution < -0.4 is 0 Å². The molecule has 0 N–H and O–H groups in total. The molecule has 0 amide bonds. The Kier molecular flexibility index (Phi) is 61.7. The molecule has 286 valence electrons. The van der Waals surface area contributed by atoms with Crippen LogP contribution in [-0.2, 0) is 6.42 Å². The zero-order valence-corrected chi connectivity index (χ0v) is 36.8. The Morgan fingerprint density at radius 3 is 1.52 bits per heavy atom. The topological polar surface area (TPSA) is 19.4 Å². The lowest BCUT2D eigenvalue weighted by molar-refractivity contribution is 0.229. The molecule has 1 aromatic heterocycles. The first kappa shape index (κ1) is 56.2. The van der Waals surface area contributed by atoms with E-state index < -0.39 is 0 Å². The molecule has 2 aliphatic heterocycles. The van der Waals surface area contributed by atoms with Gasteiger partial charge in [0, 0.05) is 10.9 Å². The summed E-state index contributed by atoms with van der Waals surface area (Å²) in [4.78, 5) is 9.70. The minimum atomic E-state index is 1.09. The van der Waals surface area contributed by atoms with E-state index in [1.165, 1.54) is 120 Å². The van der Waals surface area contributed by atoms with Gasteiger partial charge in [0.25, 0.3) is 0 Å². The highest BCUT2D eigenvalue weighted by molar-refractivity contribution is 8.02. The van der Waals surface area contributed by atoms with Crippen LogP contribution in [0.4, 0.5) is 0 Å². The molecule has 0 spiro atoms. The Hall–Kier alpha value is -1.14. The number of aromatic nitrogens is 1. The summed E-state index contributed by atoms with van der Waals surface area (Å²) in [5.74, 6) is 1.24. The monoisotopic (exact) mass is 710 g/mol. The number of benzene rings is 1. The van der Waals surface area contributed by atoms with Crippen LogP contribution in [0.5, 0.6) is 0 Å². The van der Waals surface area contributed by atoms with Gasteiger partial charge in [-0.1, -0.05) is 147 Å². The second-order valence-electron chi connectivity index (χ2n) is 10.1. The average Bonchev–Trinajstić information content (AvgIpc) is 3.88. The molecule has 0 unspecified atom stereocenters. The maximum Gasteiger partial charge on any atom is 0.0932 e. The lowest BCUT2D eigenvalue weighted by Gasteiger charge is -2.25. The van der Waals surface area contributed by atoms with Crippen LogP contribution in [0.15, 0.2) is 47.7 Å². The molecular weight excluding hydrogens is 623 g/mol. The van der Waals surface area contributed by atoms with Crippen molar-refractivity contribution in [1.29, 1.82) is 0 Å². The molecule has 48 heavy (non-hydrogen) atoms. The smallest absolute Gasteiger partial charge is 0.0932 e. The number of hydrogen-bond donors (Lipinski definition) is 0. The summed E-state index contributed by atoms with van der Waals surface area (Å²) in [6.07, 6.45) is 14.7. The number of aryl methyl sites for hydroxylation is 1. The minimum Gasteiger partial charge on any atom is -0.303 e. The first-order valence-electron chi connectivity index (χ1n) is 20.3. The van der Waals surface area contributed by atoms with Gasteiger partial charge in [-0.05, 0) is 108 Å². The largest absolute Gasteiger partial charge is 0.303 e. The van der Waals surface area contributed by atoms with Crippen molar-refractivity contribution in [3.63, 3.8) is 0 Å². The minimum absolute atomic E-state index is 1.09. The van der Waals surface area contributed by atoms with Crippen LogP contribution in [0.25, 0.3) is 11.3 Å². The van der Waals surface area contributed by atoms with Crippen molar-refractivity contribution in [2.45, 2.75) is 168 Å². The zero-order chi connectivity index (χ0) is 37.7. The number of likely N-dealkylation sites (tertiary alicyclic amines) is 2. The number of rotatable bonds is 11. The fourth-order valence-electron chi connectivity index (χ4n) is 4.51. The second-order valence-corrected chi connectivity index (χ2v) is 12.1. The molecule has 0 radical (unpaired) electrons. The van der Waals surface area contributed by atoms with Crippen LogP contribution in [0.3, 0.4) is 0 Å². The van der Waals surface area contributed by atoms with Gasteiger partial charge in [0.2, 0.25) is 0 Å². The quantitative estimate of drug-likeness (QED) is 0.216. The Balaban J connectivity index is -0.000000162. The molecule has 2 saturated heterocycles. The molecule has 3 nitrogen and oxygen atoms in total. The van der Waals surface area contributed by atoms with Gasteiger partial charge in [-0.25, -0.2) is 4.98 Å². The van der Waals surface area contributed by atoms with Crippen molar-refractivity contribution in [1.82, 2.24) is 14.8 Å². The van der Waals surface area contributed by atoms with Gasteiger partial charge in [-0.2, -0.15) is 0 Å². The Bertz CT molecular complexity index is 765. The number of thioether (sulfide) groups is 1. The van der Waals surface area contributed by atoms with Gasteiger partial charge in [0.05, 0.1) is 10.7 Å². The maximum absolute atomic E-state index is 4.59. The van der Waals surface area contributed by atoms with Crippen LogP contribution in [0.1, 0.15) is 166 Å². The SMILES string of the molecule is C=CSCCCC.CC.CC.CC.CC.CC.CCCN1CCCC1.CCCN1CCCCC1.CCCc1nc(-c2ccccc2)cs1. The van der Waals surface area contributed by atoms with Gasteiger partial charge >= 0.3 is 0 Å². The van der Waals surface area contributed by atoms with Crippen LogP contribution in [-0.4, -0.2) is 59.8 Å². The maximum atomic E-state index is 4.59. The highest BCUT2D eigenvalue weighted by Crippen LogP contribution is 2.22. The van der Waals surface area contributed by atoms with Crippen molar-refractivity contribution in [2.24, 2.45) is 0 Å². The molecule has 2 fully saturated rings. The van der Waals surface area contributed by atoms with Crippen molar-refractivity contribution in [3.05, 3.63) is 52.7 Å². The van der Waals surface area contributed by atoms with Crippen LogP contribution in [0, 0.1) is 0 Å². The molecule has 1 aromatic carbocycles. The molecule has 0 bridgehead atoms. The first-order chi connectivity index (χ1) is 23.7. The lowest BCUT2D eigenvalue weighted by Crippen LogP contribution is -2.30. The number of hydrogen-bond acceptors (Lipinski definition) is 5. The third kappa shape index (κ3) is 37.7. The van der Waals surface area contributed by atoms with E-state index in [-0.39, 0.29) is 0 Å². The second kappa shape index (κ2) is 52.7. The fraction of sp³-hybridized carbons (Fsp3) is 0.744. The van der Waals surface area contributed by atoms with Crippen molar-refractivity contribution in [2.75, 3.05) is 45.0 Å². The van der Waals surface area contributed by atoms with E-state index >= 15 is 0 Å². The summed E-state index contributed by atoms with van der Waals surface area (Å²) < 4.78 is 0. The van der Waals surface area contributed by atoms with Crippen molar-refractivity contribution >= 4 is 23.1 Å². The Morgan fingerprint density at radius 1 is 0.667 bits per heavy atom. The summed E-state index contributed by atoms with van der Waals surface area (Å²) in [6, 6.07) is 10.3. The van der Waals surface area contributed by atoms with Gasteiger partial charge in [-0.3, -0.25) is 0 Å². The normalized spacial score (nSPS) is 12.8. The Labute approximate surface area is 313 Å². The van der Waals surface area contributed by atoms with Crippen molar-refractivity contribution < 1.29 is 0 Å². The highest BCUT2D eigenvalue weighted by atomic mass is 32.2. The molecule has 4 rings (SSSR count). The van der Waals surface area contributed by atoms with Crippen LogP contribution >= 0.6 is 23.1 Å². The summed E-state index contributed by atoms with van der Waals surface area (Å²) >= 11 is 3.55. The lowest BCUT2D eigenvalue weighted by atomic mass is 10.1. The van der Waals surface area contributed by atoms with Gasteiger partial charge in [0.15, 0.2) is 0 Å². The van der Waals surface area contributed by atoms with E-state index in [9.17, 15) is 0 Å². The Morgan fingerprint density at radius 2 is 1.12 bits per heavy atom. The number of nitrogens with zero attached hydrogens (tertiary/aromatic N) is 3. The van der Waals surface area contributed by atoms with Gasteiger partial charge < -0.3 is 9.80 Å². The summed E-state index contributed by atoms with van der Waals surface area (Å²) in [7, 11) is 0. The third-order valence-electron chi connectivity index (χ3n) is 6.55. The average molecular weight is 710 g/mol. The predicted molar refractivity (Wildman–Crippen MR) is 232 cm³/mol. The van der Waals surface area contributed by atoms with E-state index in [4.69, 9.17) is 0 Å². The molecule has 3 heterocycles. The zero-order valence-electron chi connectivity index (χ0n) is 35.1. The molecule has 0 aliphatic carbocycles.